The molecule has 0 radical (unpaired) electrons. The van der Waals surface area contributed by atoms with Crippen LogP contribution in [0.1, 0.15) is 13.3 Å². The highest BCUT2D eigenvalue weighted by Gasteiger charge is 2.10. The zero-order chi connectivity index (χ0) is 15.0. The lowest BCUT2D eigenvalue weighted by Crippen LogP contribution is -2.26. The van der Waals surface area contributed by atoms with E-state index < -0.39 is 0 Å². The SMILES string of the molecule is COC(=O)CCOc1ccc(NC(=O)C(C)CN)cc1. The molecular weight excluding hydrogens is 260 g/mol. The molecule has 6 nitrogen and oxygen atoms in total. The van der Waals surface area contributed by atoms with Crippen molar-refractivity contribution < 1.29 is 19.1 Å². The maximum Gasteiger partial charge on any atom is 0.308 e. The second-order valence-electron chi connectivity index (χ2n) is 4.32. The number of anilines is 1. The average Bonchev–Trinajstić information content (AvgIpc) is 2.47. The standard InChI is InChI=1S/C14H20N2O4/c1-10(9-15)14(18)16-11-3-5-12(6-4-11)20-8-7-13(17)19-2/h3-6,10H,7-9,15H2,1-2H3,(H,16,18). The number of carbonyl (C=O) groups excluding carboxylic acids is 2. The van der Waals surface area contributed by atoms with Gasteiger partial charge in [-0.15, -0.1) is 0 Å². The summed E-state index contributed by atoms with van der Waals surface area (Å²) >= 11 is 0. The van der Waals surface area contributed by atoms with E-state index in [1.807, 2.05) is 0 Å². The molecule has 1 aromatic carbocycles. The third kappa shape index (κ3) is 5.27. The van der Waals surface area contributed by atoms with Crippen LogP contribution in [0.3, 0.4) is 0 Å². The molecule has 1 atom stereocenters. The van der Waals surface area contributed by atoms with E-state index in [0.717, 1.165) is 0 Å². The second kappa shape index (κ2) is 8.16. The molecular formula is C14H20N2O4. The second-order valence-corrected chi connectivity index (χ2v) is 4.32. The highest BCUT2D eigenvalue weighted by molar-refractivity contribution is 5.92. The fraction of sp³-hybridized carbons (Fsp3) is 0.429. The molecule has 1 aromatic rings. The molecule has 0 aromatic heterocycles. The van der Waals surface area contributed by atoms with Gasteiger partial charge in [-0.1, -0.05) is 6.92 Å². The number of nitrogens with two attached hydrogens (primary N) is 1. The maximum absolute atomic E-state index is 11.6. The summed E-state index contributed by atoms with van der Waals surface area (Å²) in [7, 11) is 1.34. The Morgan fingerprint density at radius 3 is 2.50 bits per heavy atom. The lowest BCUT2D eigenvalue weighted by molar-refractivity contribution is -0.141. The zero-order valence-electron chi connectivity index (χ0n) is 11.7. The predicted molar refractivity (Wildman–Crippen MR) is 75.4 cm³/mol. The summed E-state index contributed by atoms with van der Waals surface area (Å²) in [5, 5.41) is 2.75. The van der Waals surface area contributed by atoms with Crippen molar-refractivity contribution in [1.29, 1.82) is 0 Å². The normalized spacial score (nSPS) is 11.6. The number of rotatable bonds is 7. The number of methoxy groups -OCH3 is 1. The Bertz CT molecular complexity index is 445. The van der Waals surface area contributed by atoms with E-state index in [1.165, 1.54) is 7.11 Å². The molecule has 0 heterocycles. The summed E-state index contributed by atoms with van der Waals surface area (Å²) in [6.07, 6.45) is 0.197. The molecule has 1 rings (SSSR count). The summed E-state index contributed by atoms with van der Waals surface area (Å²) in [5.74, 6) is -0.0405. The molecule has 1 unspecified atom stereocenters. The van der Waals surface area contributed by atoms with Gasteiger partial charge in [0.25, 0.3) is 0 Å². The van der Waals surface area contributed by atoms with Crippen LogP contribution in [-0.4, -0.2) is 32.1 Å². The highest BCUT2D eigenvalue weighted by atomic mass is 16.5. The maximum atomic E-state index is 11.6. The smallest absolute Gasteiger partial charge is 0.308 e. The molecule has 0 saturated heterocycles. The van der Waals surface area contributed by atoms with Crippen LogP contribution in [-0.2, 0) is 14.3 Å². The van der Waals surface area contributed by atoms with Crippen molar-refractivity contribution in [3.8, 4) is 5.75 Å². The molecule has 1 amide bonds. The number of amides is 1. The Kier molecular flexibility index (Phi) is 6.52. The monoisotopic (exact) mass is 280 g/mol. The van der Waals surface area contributed by atoms with Crippen LogP contribution in [0.25, 0.3) is 0 Å². The van der Waals surface area contributed by atoms with Crippen LogP contribution < -0.4 is 15.8 Å². The van der Waals surface area contributed by atoms with Crippen LogP contribution in [0.15, 0.2) is 24.3 Å². The van der Waals surface area contributed by atoms with Gasteiger partial charge < -0.3 is 20.5 Å². The van der Waals surface area contributed by atoms with Crippen LogP contribution in [0, 0.1) is 5.92 Å². The summed E-state index contributed by atoms with van der Waals surface area (Å²) < 4.78 is 9.88. The molecule has 0 aliphatic carbocycles. The van der Waals surface area contributed by atoms with Crippen molar-refractivity contribution in [3.05, 3.63) is 24.3 Å². The number of carbonyl (C=O) groups is 2. The van der Waals surface area contributed by atoms with E-state index in [2.05, 4.69) is 10.1 Å². The van der Waals surface area contributed by atoms with Crippen molar-refractivity contribution in [2.45, 2.75) is 13.3 Å². The molecule has 0 fully saturated rings. The van der Waals surface area contributed by atoms with E-state index in [1.54, 1.807) is 31.2 Å². The Morgan fingerprint density at radius 2 is 1.95 bits per heavy atom. The minimum Gasteiger partial charge on any atom is -0.493 e. The van der Waals surface area contributed by atoms with Gasteiger partial charge in [-0.05, 0) is 24.3 Å². The van der Waals surface area contributed by atoms with Gasteiger partial charge in [-0.3, -0.25) is 9.59 Å². The van der Waals surface area contributed by atoms with Crippen molar-refractivity contribution in [2.24, 2.45) is 11.7 Å². The van der Waals surface area contributed by atoms with Gasteiger partial charge in [0.2, 0.25) is 5.91 Å². The molecule has 0 aliphatic heterocycles. The summed E-state index contributed by atoms with van der Waals surface area (Å²) in [6.45, 7) is 2.32. The predicted octanol–water partition coefficient (Wildman–Crippen LogP) is 1.16. The number of nitrogens with one attached hydrogen (secondary N) is 1. The number of benzene rings is 1. The van der Waals surface area contributed by atoms with Gasteiger partial charge in [-0.2, -0.15) is 0 Å². The highest BCUT2D eigenvalue weighted by Crippen LogP contribution is 2.16. The van der Waals surface area contributed by atoms with Gasteiger partial charge in [0.15, 0.2) is 0 Å². The summed E-state index contributed by atoms with van der Waals surface area (Å²) in [6, 6.07) is 6.91. The van der Waals surface area contributed by atoms with Gasteiger partial charge in [0.05, 0.1) is 20.1 Å². The molecule has 3 N–H and O–H groups in total. The Morgan fingerprint density at radius 1 is 1.30 bits per heavy atom. The Labute approximate surface area is 118 Å². The number of hydrogen-bond donors (Lipinski definition) is 2. The van der Waals surface area contributed by atoms with Gasteiger partial charge >= 0.3 is 5.97 Å². The Balaban J connectivity index is 2.44. The molecule has 0 saturated carbocycles. The molecule has 0 spiro atoms. The van der Waals surface area contributed by atoms with Crippen LogP contribution in [0.2, 0.25) is 0 Å². The summed E-state index contributed by atoms with van der Waals surface area (Å²) in [4.78, 5) is 22.5. The third-order valence-electron chi connectivity index (χ3n) is 2.73. The average molecular weight is 280 g/mol. The van der Waals surface area contributed by atoms with Gasteiger partial charge in [0.1, 0.15) is 5.75 Å². The lowest BCUT2D eigenvalue weighted by Gasteiger charge is -2.10. The minimum absolute atomic E-state index is 0.119. The first kappa shape index (κ1) is 16.0. The first-order valence-electron chi connectivity index (χ1n) is 6.37. The largest absolute Gasteiger partial charge is 0.493 e. The topological polar surface area (TPSA) is 90.6 Å². The van der Waals surface area contributed by atoms with Gasteiger partial charge in [-0.25, -0.2) is 0 Å². The molecule has 20 heavy (non-hydrogen) atoms. The Hall–Kier alpha value is -2.08. The van der Waals surface area contributed by atoms with E-state index in [9.17, 15) is 9.59 Å². The fourth-order valence-corrected chi connectivity index (χ4v) is 1.36. The number of hydrogen-bond acceptors (Lipinski definition) is 5. The molecule has 0 bridgehead atoms. The van der Waals surface area contributed by atoms with E-state index >= 15 is 0 Å². The van der Waals surface area contributed by atoms with Crippen molar-refractivity contribution in [1.82, 2.24) is 0 Å². The van der Waals surface area contributed by atoms with Crippen molar-refractivity contribution in [2.75, 3.05) is 25.6 Å². The molecule has 6 heteroatoms. The number of esters is 1. The van der Waals surface area contributed by atoms with Crippen molar-refractivity contribution in [3.63, 3.8) is 0 Å². The first-order valence-corrected chi connectivity index (χ1v) is 6.37. The van der Waals surface area contributed by atoms with Crippen molar-refractivity contribution >= 4 is 17.6 Å². The van der Waals surface area contributed by atoms with Crippen LogP contribution in [0.4, 0.5) is 5.69 Å². The van der Waals surface area contributed by atoms with E-state index in [0.29, 0.717) is 18.0 Å². The van der Waals surface area contributed by atoms with Crippen LogP contribution in [0.5, 0.6) is 5.75 Å². The lowest BCUT2D eigenvalue weighted by atomic mass is 10.1. The molecule has 110 valence electrons. The van der Waals surface area contributed by atoms with E-state index in [4.69, 9.17) is 10.5 Å². The van der Waals surface area contributed by atoms with Crippen LogP contribution >= 0.6 is 0 Å². The fourth-order valence-electron chi connectivity index (χ4n) is 1.36. The first-order chi connectivity index (χ1) is 9.56. The quantitative estimate of drug-likeness (QED) is 0.731. The number of ether oxygens (including phenoxy) is 2. The van der Waals surface area contributed by atoms with Gasteiger partial charge in [0, 0.05) is 18.2 Å². The zero-order valence-corrected chi connectivity index (χ0v) is 11.7. The third-order valence-corrected chi connectivity index (χ3v) is 2.73. The van der Waals surface area contributed by atoms with E-state index in [-0.39, 0.29) is 30.8 Å². The minimum atomic E-state index is -0.315. The summed E-state index contributed by atoms with van der Waals surface area (Å²) in [5.41, 5.74) is 6.10. The molecule has 0 aliphatic rings.